The summed E-state index contributed by atoms with van der Waals surface area (Å²) in [6.45, 7) is 4.86. The predicted octanol–water partition coefficient (Wildman–Crippen LogP) is 4.21. The molecule has 4 rings (SSSR count). The Morgan fingerprint density at radius 3 is 2.81 bits per heavy atom. The van der Waals surface area contributed by atoms with Gasteiger partial charge in [-0.1, -0.05) is 13.0 Å². The van der Waals surface area contributed by atoms with Crippen LogP contribution in [0.5, 0.6) is 0 Å². The van der Waals surface area contributed by atoms with Crippen LogP contribution in [0.3, 0.4) is 0 Å². The van der Waals surface area contributed by atoms with Crippen molar-refractivity contribution in [3.63, 3.8) is 0 Å². The smallest absolute Gasteiger partial charge is 0.255 e. The van der Waals surface area contributed by atoms with E-state index in [1.54, 1.807) is 0 Å². The molecule has 0 saturated carbocycles. The van der Waals surface area contributed by atoms with E-state index in [-0.39, 0.29) is 11.9 Å². The Balaban J connectivity index is 1.78. The van der Waals surface area contributed by atoms with Crippen LogP contribution < -0.4 is 0 Å². The summed E-state index contributed by atoms with van der Waals surface area (Å²) in [4.78, 5) is 20.3. The molecule has 1 aliphatic heterocycles. The molecule has 1 aromatic carbocycles. The number of aryl methyl sites for hydroxylation is 3. The van der Waals surface area contributed by atoms with Gasteiger partial charge in [-0.2, -0.15) is 5.10 Å². The van der Waals surface area contributed by atoms with Gasteiger partial charge in [0.15, 0.2) is 0 Å². The molecule has 5 heteroatoms. The molecule has 0 spiro atoms. The standard InChI is InChI=1S/C22H26N4O/c1-4-16-8-9-19-17(14-16)18(13-15(2)23-19)22(27)26-11-6-5-7-21(26)20-10-12-25(3)24-20/h8-10,12-14,21H,4-7,11H2,1-3H3. The van der Waals surface area contributed by atoms with Crippen molar-refractivity contribution in [1.82, 2.24) is 19.7 Å². The molecule has 0 bridgehead atoms. The van der Waals surface area contributed by atoms with Gasteiger partial charge < -0.3 is 4.90 Å². The monoisotopic (exact) mass is 362 g/mol. The first kappa shape index (κ1) is 17.7. The van der Waals surface area contributed by atoms with Gasteiger partial charge in [0.05, 0.1) is 22.8 Å². The van der Waals surface area contributed by atoms with Crippen LogP contribution in [0.15, 0.2) is 36.5 Å². The number of benzene rings is 1. The highest BCUT2D eigenvalue weighted by molar-refractivity contribution is 6.06. The van der Waals surface area contributed by atoms with E-state index in [1.807, 2.05) is 47.9 Å². The zero-order valence-electron chi connectivity index (χ0n) is 16.3. The molecule has 27 heavy (non-hydrogen) atoms. The largest absolute Gasteiger partial charge is 0.330 e. The molecule has 1 aliphatic rings. The first-order valence-electron chi connectivity index (χ1n) is 9.77. The Kier molecular flexibility index (Phi) is 4.68. The van der Waals surface area contributed by atoms with Crippen molar-refractivity contribution < 1.29 is 4.79 Å². The molecule has 1 saturated heterocycles. The number of likely N-dealkylation sites (tertiary alicyclic amines) is 1. The van der Waals surface area contributed by atoms with Gasteiger partial charge in [0.25, 0.3) is 5.91 Å². The fourth-order valence-corrected chi connectivity index (χ4v) is 4.05. The summed E-state index contributed by atoms with van der Waals surface area (Å²) >= 11 is 0. The minimum absolute atomic E-state index is 0.0466. The summed E-state index contributed by atoms with van der Waals surface area (Å²) < 4.78 is 1.81. The van der Waals surface area contributed by atoms with Gasteiger partial charge in [-0.05, 0) is 62.4 Å². The number of piperidine rings is 1. The van der Waals surface area contributed by atoms with Gasteiger partial charge >= 0.3 is 0 Å². The second kappa shape index (κ2) is 7.14. The average molecular weight is 362 g/mol. The molecule has 3 aromatic rings. The van der Waals surface area contributed by atoms with Crippen molar-refractivity contribution in [2.75, 3.05) is 6.54 Å². The number of amides is 1. The Hall–Kier alpha value is -2.69. The highest BCUT2D eigenvalue weighted by Crippen LogP contribution is 2.32. The lowest BCUT2D eigenvalue weighted by Crippen LogP contribution is -2.39. The molecule has 1 amide bonds. The van der Waals surface area contributed by atoms with Gasteiger partial charge in [0, 0.05) is 30.9 Å². The van der Waals surface area contributed by atoms with Crippen molar-refractivity contribution in [2.45, 2.75) is 45.6 Å². The molecular formula is C22H26N4O. The van der Waals surface area contributed by atoms with E-state index < -0.39 is 0 Å². The summed E-state index contributed by atoms with van der Waals surface area (Å²) in [6, 6.07) is 10.3. The van der Waals surface area contributed by atoms with Gasteiger partial charge in [-0.25, -0.2) is 0 Å². The Labute approximate surface area is 160 Å². The predicted molar refractivity (Wildman–Crippen MR) is 107 cm³/mol. The topological polar surface area (TPSA) is 51.0 Å². The lowest BCUT2D eigenvalue weighted by molar-refractivity contribution is 0.0607. The van der Waals surface area contributed by atoms with E-state index in [1.165, 1.54) is 5.56 Å². The van der Waals surface area contributed by atoms with Crippen LogP contribution in [-0.2, 0) is 13.5 Å². The first-order valence-corrected chi connectivity index (χ1v) is 9.77. The summed E-state index contributed by atoms with van der Waals surface area (Å²) in [6.07, 6.45) is 6.02. The summed E-state index contributed by atoms with van der Waals surface area (Å²) in [5.41, 5.74) is 4.73. The van der Waals surface area contributed by atoms with Crippen molar-refractivity contribution in [2.24, 2.45) is 7.05 Å². The van der Waals surface area contributed by atoms with Gasteiger partial charge in [-0.3, -0.25) is 14.5 Å². The Bertz CT molecular complexity index is 991. The molecule has 1 atom stereocenters. The van der Waals surface area contributed by atoms with Crippen LogP contribution >= 0.6 is 0 Å². The number of hydrogen-bond acceptors (Lipinski definition) is 3. The number of pyridine rings is 1. The van der Waals surface area contributed by atoms with E-state index in [2.05, 4.69) is 29.1 Å². The third-order valence-corrected chi connectivity index (χ3v) is 5.48. The number of carbonyl (C=O) groups is 1. The zero-order chi connectivity index (χ0) is 19.0. The number of rotatable bonds is 3. The molecule has 1 unspecified atom stereocenters. The fraction of sp³-hybridized carbons (Fsp3) is 0.409. The lowest BCUT2D eigenvalue weighted by Gasteiger charge is -2.35. The van der Waals surface area contributed by atoms with Gasteiger partial charge in [-0.15, -0.1) is 0 Å². The highest BCUT2D eigenvalue weighted by atomic mass is 16.2. The molecule has 3 heterocycles. The number of carbonyl (C=O) groups excluding carboxylic acids is 1. The van der Waals surface area contributed by atoms with E-state index in [9.17, 15) is 4.79 Å². The normalized spacial score (nSPS) is 17.4. The first-order chi connectivity index (χ1) is 13.1. The minimum Gasteiger partial charge on any atom is -0.330 e. The van der Waals surface area contributed by atoms with Crippen LogP contribution in [0.4, 0.5) is 0 Å². The summed E-state index contributed by atoms with van der Waals surface area (Å²) in [5, 5.41) is 5.53. The second-order valence-corrected chi connectivity index (χ2v) is 7.44. The number of aromatic nitrogens is 3. The van der Waals surface area contributed by atoms with Crippen molar-refractivity contribution in [3.8, 4) is 0 Å². The molecule has 2 aromatic heterocycles. The SMILES string of the molecule is CCc1ccc2nc(C)cc(C(=O)N3CCCCC3c3ccn(C)n3)c2c1. The molecule has 0 N–H and O–H groups in total. The third kappa shape index (κ3) is 3.34. The minimum atomic E-state index is 0.0466. The average Bonchev–Trinajstić information content (AvgIpc) is 3.12. The second-order valence-electron chi connectivity index (χ2n) is 7.44. The molecule has 140 valence electrons. The number of fused-ring (bicyclic) bond motifs is 1. The fourth-order valence-electron chi connectivity index (χ4n) is 4.05. The van der Waals surface area contributed by atoms with E-state index in [0.29, 0.717) is 0 Å². The summed E-state index contributed by atoms with van der Waals surface area (Å²) in [7, 11) is 1.92. The molecule has 1 fully saturated rings. The number of hydrogen-bond donors (Lipinski definition) is 0. The molecule has 5 nitrogen and oxygen atoms in total. The quantitative estimate of drug-likeness (QED) is 0.701. The van der Waals surface area contributed by atoms with E-state index in [0.717, 1.165) is 60.1 Å². The molecule has 0 radical (unpaired) electrons. The van der Waals surface area contributed by atoms with Crippen LogP contribution in [0.1, 0.15) is 59.5 Å². The van der Waals surface area contributed by atoms with Gasteiger partial charge in [0.1, 0.15) is 0 Å². The van der Waals surface area contributed by atoms with E-state index in [4.69, 9.17) is 0 Å². The van der Waals surface area contributed by atoms with E-state index >= 15 is 0 Å². The highest BCUT2D eigenvalue weighted by Gasteiger charge is 2.31. The van der Waals surface area contributed by atoms with Crippen molar-refractivity contribution >= 4 is 16.8 Å². The molecule has 0 aliphatic carbocycles. The summed E-state index contributed by atoms with van der Waals surface area (Å²) in [5.74, 6) is 0.0918. The van der Waals surface area contributed by atoms with Crippen LogP contribution in [0.25, 0.3) is 10.9 Å². The lowest BCUT2D eigenvalue weighted by atomic mass is 9.96. The number of nitrogens with zero attached hydrogens (tertiary/aromatic N) is 4. The van der Waals surface area contributed by atoms with Crippen LogP contribution in [0, 0.1) is 6.92 Å². The Morgan fingerprint density at radius 1 is 1.22 bits per heavy atom. The zero-order valence-corrected chi connectivity index (χ0v) is 16.3. The van der Waals surface area contributed by atoms with Crippen molar-refractivity contribution in [1.29, 1.82) is 0 Å². The van der Waals surface area contributed by atoms with Crippen LogP contribution in [-0.4, -0.2) is 32.1 Å². The third-order valence-electron chi connectivity index (χ3n) is 5.48. The maximum absolute atomic E-state index is 13.6. The van der Waals surface area contributed by atoms with Gasteiger partial charge in [0.2, 0.25) is 0 Å². The molecular weight excluding hydrogens is 336 g/mol. The van der Waals surface area contributed by atoms with Crippen LogP contribution in [0.2, 0.25) is 0 Å². The maximum atomic E-state index is 13.6. The maximum Gasteiger partial charge on any atom is 0.255 e. The Morgan fingerprint density at radius 2 is 2.07 bits per heavy atom. The van der Waals surface area contributed by atoms with Crippen molar-refractivity contribution in [3.05, 3.63) is 59.0 Å².